The minimum Gasteiger partial charge on any atom is -0.508 e. The highest BCUT2D eigenvalue weighted by molar-refractivity contribution is 5.98. The van der Waals surface area contributed by atoms with Crippen LogP contribution in [0.15, 0.2) is 60.7 Å². The van der Waals surface area contributed by atoms with E-state index in [-0.39, 0.29) is 36.6 Å². The number of fused-ring (bicyclic) bond motifs is 1. The first-order chi connectivity index (χ1) is 18.3. The summed E-state index contributed by atoms with van der Waals surface area (Å²) in [5.41, 5.74) is 3.82. The number of H-pyrrole nitrogens is 1. The van der Waals surface area contributed by atoms with Crippen LogP contribution in [0.1, 0.15) is 45.8 Å². The van der Waals surface area contributed by atoms with E-state index in [4.69, 9.17) is 4.74 Å². The molecular weight excluding hydrogens is 486 g/mol. The zero-order chi connectivity index (χ0) is 27.2. The molecule has 9 heteroatoms. The molecule has 4 rings (SSSR count). The minimum atomic E-state index is -0.783. The first-order valence-electron chi connectivity index (χ1n) is 12.4. The Hall–Kier alpha value is -4.05. The number of nitrogens with one attached hydrogen (secondary N) is 3. The van der Waals surface area contributed by atoms with Crippen LogP contribution in [0.25, 0.3) is 10.9 Å². The average molecular weight is 520 g/mol. The van der Waals surface area contributed by atoms with E-state index in [9.17, 15) is 25.2 Å². The number of amides is 1. The van der Waals surface area contributed by atoms with Gasteiger partial charge in [-0.2, -0.15) is 0 Å². The van der Waals surface area contributed by atoms with Crippen molar-refractivity contribution in [2.24, 2.45) is 0 Å². The van der Waals surface area contributed by atoms with Crippen molar-refractivity contribution in [3.8, 4) is 17.2 Å². The molecule has 1 aromatic heterocycles. The number of aromatic amines is 1. The Labute approximate surface area is 220 Å². The number of aliphatic hydroxyl groups excluding tert-OH is 2. The number of carbonyl (C=O) groups excluding carboxylic acids is 1. The molecule has 9 nitrogen and oxygen atoms in total. The highest BCUT2D eigenvalue weighted by Gasteiger charge is 2.15. The van der Waals surface area contributed by atoms with Crippen molar-refractivity contribution < 1.29 is 30.0 Å². The Bertz CT molecular complexity index is 1420. The van der Waals surface area contributed by atoms with Gasteiger partial charge in [-0.05, 0) is 66.9 Å². The molecule has 1 unspecified atom stereocenters. The molecule has 0 aliphatic rings. The van der Waals surface area contributed by atoms with E-state index in [1.54, 1.807) is 36.4 Å². The number of phenols is 2. The van der Waals surface area contributed by atoms with Crippen LogP contribution in [0, 0.1) is 0 Å². The van der Waals surface area contributed by atoms with Crippen molar-refractivity contribution in [1.82, 2.24) is 15.6 Å². The Morgan fingerprint density at radius 1 is 1.05 bits per heavy atom. The maximum atomic E-state index is 12.8. The van der Waals surface area contributed by atoms with Gasteiger partial charge in [0.15, 0.2) is 0 Å². The van der Waals surface area contributed by atoms with Crippen molar-refractivity contribution >= 4 is 16.8 Å². The second kappa shape index (κ2) is 12.0. The molecule has 0 aliphatic carbocycles. The normalized spacial score (nSPS) is 12.8. The monoisotopic (exact) mass is 519 g/mol. The molecule has 0 radical (unpaired) electrons. The summed E-state index contributed by atoms with van der Waals surface area (Å²) >= 11 is 0. The summed E-state index contributed by atoms with van der Waals surface area (Å²) < 4.78 is 5.27. The number of aromatic hydroxyl groups is 2. The van der Waals surface area contributed by atoms with Gasteiger partial charge in [0.2, 0.25) is 0 Å². The highest BCUT2D eigenvalue weighted by Crippen LogP contribution is 2.27. The van der Waals surface area contributed by atoms with Gasteiger partial charge in [-0.1, -0.05) is 18.2 Å². The van der Waals surface area contributed by atoms with Crippen LogP contribution in [0.5, 0.6) is 17.2 Å². The van der Waals surface area contributed by atoms with Crippen molar-refractivity contribution in [3.05, 3.63) is 88.6 Å². The van der Waals surface area contributed by atoms with Gasteiger partial charge in [0.1, 0.15) is 22.9 Å². The fourth-order valence-electron chi connectivity index (χ4n) is 4.41. The van der Waals surface area contributed by atoms with Gasteiger partial charge in [-0.15, -0.1) is 0 Å². The summed E-state index contributed by atoms with van der Waals surface area (Å²) in [6.07, 6.45) is -0.0748. The van der Waals surface area contributed by atoms with E-state index in [0.29, 0.717) is 41.1 Å². The SMILES string of the molecule is COc1cccc(O)c1CNC(=O)c1cc2cc(CC(C)NC[C@H](O)c3ccc(O)c(CO)c3)ccc2[nH]1. The summed E-state index contributed by atoms with van der Waals surface area (Å²) in [5, 5.41) is 46.7. The number of rotatable bonds is 11. The molecule has 0 bridgehead atoms. The molecule has 0 aliphatic heterocycles. The van der Waals surface area contributed by atoms with Gasteiger partial charge in [0, 0.05) is 29.1 Å². The molecule has 0 saturated heterocycles. The maximum Gasteiger partial charge on any atom is 0.268 e. The van der Waals surface area contributed by atoms with Crippen LogP contribution in [0.4, 0.5) is 0 Å². The number of carbonyl (C=O) groups is 1. The Kier molecular flexibility index (Phi) is 8.52. The molecule has 4 aromatic rings. The number of phenolic OH excluding ortho intramolecular Hbond substituents is 1. The number of ether oxygens (including phenoxy) is 1. The van der Waals surface area contributed by atoms with E-state index < -0.39 is 6.10 Å². The predicted octanol–water partition coefficient (Wildman–Crippen LogP) is 3.26. The standard InChI is InChI=1S/C29H33N3O6/c1-17(30-15-27(36)19-7-9-25(34)21(12-19)16-33)10-18-6-8-23-20(11-18)13-24(32-23)29(37)31-14-22-26(35)4-3-5-28(22)38-2/h3-9,11-13,17,27,30,32-36H,10,14-16H2,1-2H3,(H,31,37)/t17?,27-/m0/s1. The summed E-state index contributed by atoms with van der Waals surface area (Å²) in [7, 11) is 1.51. The molecule has 0 spiro atoms. The molecule has 0 fully saturated rings. The van der Waals surface area contributed by atoms with E-state index >= 15 is 0 Å². The van der Waals surface area contributed by atoms with Crippen LogP contribution >= 0.6 is 0 Å². The fourth-order valence-corrected chi connectivity index (χ4v) is 4.41. The van der Waals surface area contributed by atoms with Crippen LogP contribution < -0.4 is 15.4 Å². The van der Waals surface area contributed by atoms with E-state index in [2.05, 4.69) is 15.6 Å². The molecule has 3 aromatic carbocycles. The predicted molar refractivity (Wildman–Crippen MR) is 144 cm³/mol. The number of aromatic nitrogens is 1. The lowest BCUT2D eigenvalue weighted by Gasteiger charge is -2.18. The van der Waals surface area contributed by atoms with Gasteiger partial charge in [-0.3, -0.25) is 4.79 Å². The van der Waals surface area contributed by atoms with Gasteiger partial charge in [-0.25, -0.2) is 0 Å². The molecule has 200 valence electrons. The van der Waals surface area contributed by atoms with Crippen molar-refractivity contribution in [2.45, 2.75) is 38.6 Å². The maximum absolute atomic E-state index is 12.8. The average Bonchev–Trinajstić information content (AvgIpc) is 3.34. The molecular formula is C29H33N3O6. The Balaban J connectivity index is 1.35. The summed E-state index contributed by atoms with van der Waals surface area (Å²) in [6.45, 7) is 2.16. The highest BCUT2D eigenvalue weighted by atomic mass is 16.5. The van der Waals surface area contributed by atoms with Gasteiger partial charge in [0.05, 0.1) is 31.9 Å². The second-order valence-corrected chi connectivity index (χ2v) is 9.32. The first-order valence-corrected chi connectivity index (χ1v) is 12.4. The smallest absolute Gasteiger partial charge is 0.268 e. The number of benzene rings is 3. The lowest BCUT2D eigenvalue weighted by atomic mass is 10.0. The zero-order valence-electron chi connectivity index (χ0n) is 21.4. The topological polar surface area (TPSA) is 147 Å². The number of hydrogen-bond acceptors (Lipinski definition) is 7. The largest absolute Gasteiger partial charge is 0.508 e. The fraction of sp³-hybridized carbons (Fsp3) is 0.276. The lowest BCUT2D eigenvalue weighted by Crippen LogP contribution is -2.32. The number of methoxy groups -OCH3 is 1. The second-order valence-electron chi connectivity index (χ2n) is 9.32. The van der Waals surface area contributed by atoms with Crippen LogP contribution in [0.2, 0.25) is 0 Å². The van der Waals surface area contributed by atoms with Crippen molar-refractivity contribution in [2.75, 3.05) is 13.7 Å². The molecule has 1 heterocycles. The third-order valence-corrected chi connectivity index (χ3v) is 6.54. The van der Waals surface area contributed by atoms with Crippen LogP contribution in [0.3, 0.4) is 0 Å². The van der Waals surface area contributed by atoms with E-state index in [1.807, 2.05) is 25.1 Å². The molecule has 7 N–H and O–H groups in total. The van der Waals surface area contributed by atoms with Crippen LogP contribution in [-0.4, -0.2) is 51.0 Å². The lowest BCUT2D eigenvalue weighted by molar-refractivity contribution is 0.0946. The van der Waals surface area contributed by atoms with Gasteiger partial charge < -0.3 is 40.8 Å². The van der Waals surface area contributed by atoms with Gasteiger partial charge >= 0.3 is 0 Å². The Morgan fingerprint density at radius 2 is 1.87 bits per heavy atom. The van der Waals surface area contributed by atoms with Gasteiger partial charge in [0.25, 0.3) is 5.91 Å². The molecule has 0 saturated carbocycles. The molecule has 2 atom stereocenters. The third-order valence-electron chi connectivity index (χ3n) is 6.54. The third kappa shape index (κ3) is 6.25. The van der Waals surface area contributed by atoms with Crippen LogP contribution in [-0.2, 0) is 19.6 Å². The molecule has 1 amide bonds. The number of aliphatic hydroxyl groups is 2. The van der Waals surface area contributed by atoms with Crippen molar-refractivity contribution in [3.63, 3.8) is 0 Å². The summed E-state index contributed by atoms with van der Waals surface area (Å²) in [5.74, 6) is 0.260. The Morgan fingerprint density at radius 3 is 2.63 bits per heavy atom. The summed E-state index contributed by atoms with van der Waals surface area (Å²) in [4.78, 5) is 15.9. The zero-order valence-corrected chi connectivity index (χ0v) is 21.4. The van der Waals surface area contributed by atoms with E-state index in [0.717, 1.165) is 16.5 Å². The minimum absolute atomic E-state index is 0.00119. The van der Waals surface area contributed by atoms with Crippen molar-refractivity contribution in [1.29, 1.82) is 0 Å². The quantitative estimate of drug-likeness (QED) is 0.161. The number of hydrogen-bond donors (Lipinski definition) is 7. The molecule has 38 heavy (non-hydrogen) atoms. The van der Waals surface area contributed by atoms with E-state index in [1.165, 1.54) is 13.2 Å². The first kappa shape index (κ1) is 27.0. The summed E-state index contributed by atoms with van der Waals surface area (Å²) in [6, 6.07) is 17.5.